The summed E-state index contributed by atoms with van der Waals surface area (Å²) in [4.78, 5) is 10.4. The maximum Gasteiger partial charge on any atom is 0.293 e. The van der Waals surface area contributed by atoms with Gasteiger partial charge in [0, 0.05) is 17.8 Å². The van der Waals surface area contributed by atoms with Gasteiger partial charge in [-0.05, 0) is 12.5 Å². The lowest BCUT2D eigenvalue weighted by atomic mass is 9.96. The average molecular weight is 210 g/mol. The van der Waals surface area contributed by atoms with Crippen LogP contribution in [0.4, 0.5) is 0 Å². The molecule has 0 aliphatic carbocycles. The second-order valence-electron chi connectivity index (χ2n) is 3.71. The van der Waals surface area contributed by atoms with Gasteiger partial charge in [0.15, 0.2) is 0 Å². The van der Waals surface area contributed by atoms with Crippen LogP contribution in [-0.4, -0.2) is 22.8 Å². The molecule has 2 atom stereocenters. The molecule has 0 bridgehead atoms. The average Bonchev–Trinajstić information content (AvgIpc) is 2.76. The molecule has 0 amide bonds. The van der Waals surface area contributed by atoms with E-state index in [1.807, 2.05) is 13.0 Å². The molecular formula is C11H18N2O2. The summed E-state index contributed by atoms with van der Waals surface area (Å²) < 4.78 is 5.10. The first kappa shape index (κ1) is 11.8. The molecule has 1 N–H and O–H groups in total. The van der Waals surface area contributed by atoms with Crippen LogP contribution in [0.25, 0.3) is 0 Å². The maximum absolute atomic E-state index is 10.4. The molecule has 0 aromatic carbocycles. The van der Waals surface area contributed by atoms with Gasteiger partial charge in [-0.1, -0.05) is 26.7 Å². The van der Waals surface area contributed by atoms with Gasteiger partial charge in [-0.25, -0.2) is 0 Å². The monoisotopic (exact) mass is 210 g/mol. The Morgan fingerprint density at radius 3 is 3.00 bits per heavy atom. The van der Waals surface area contributed by atoms with E-state index in [-0.39, 0.29) is 12.0 Å². The quantitative estimate of drug-likeness (QED) is 0.702. The van der Waals surface area contributed by atoms with Crippen LogP contribution in [0.3, 0.4) is 0 Å². The first-order chi connectivity index (χ1) is 7.29. The third kappa shape index (κ3) is 3.38. The van der Waals surface area contributed by atoms with Crippen molar-refractivity contribution >= 4 is 6.47 Å². The molecular weight excluding hydrogens is 192 g/mol. The summed E-state index contributed by atoms with van der Waals surface area (Å²) in [6.45, 7) is 4.70. The Balaban J connectivity index is 2.57. The Morgan fingerprint density at radius 1 is 1.67 bits per heavy atom. The highest BCUT2D eigenvalue weighted by Gasteiger charge is 2.20. The predicted molar refractivity (Wildman–Crippen MR) is 57.5 cm³/mol. The van der Waals surface area contributed by atoms with Crippen molar-refractivity contribution in [3.63, 3.8) is 0 Å². The zero-order valence-electron chi connectivity index (χ0n) is 9.27. The minimum absolute atomic E-state index is 0.0529. The highest BCUT2D eigenvalue weighted by atomic mass is 16.5. The molecule has 0 fully saturated rings. The number of carbonyl (C=O) groups excluding carboxylic acids is 1. The van der Waals surface area contributed by atoms with Crippen LogP contribution >= 0.6 is 0 Å². The number of ether oxygens (including phenoxy) is 1. The number of nitrogens with zero attached hydrogens (tertiary/aromatic N) is 1. The van der Waals surface area contributed by atoms with Crippen molar-refractivity contribution in [3.8, 4) is 0 Å². The fourth-order valence-electron chi connectivity index (χ4n) is 1.63. The number of aromatic nitrogens is 2. The zero-order valence-corrected chi connectivity index (χ0v) is 9.27. The van der Waals surface area contributed by atoms with Crippen LogP contribution < -0.4 is 0 Å². The predicted octanol–water partition coefficient (Wildman–Crippen LogP) is 2.25. The number of aromatic amines is 1. The highest BCUT2D eigenvalue weighted by Crippen LogP contribution is 2.22. The van der Waals surface area contributed by atoms with E-state index in [9.17, 15) is 4.79 Å². The molecule has 0 spiro atoms. The van der Waals surface area contributed by atoms with Gasteiger partial charge < -0.3 is 4.74 Å². The number of hydrogen-bond donors (Lipinski definition) is 1. The van der Waals surface area contributed by atoms with E-state index in [1.165, 1.54) is 0 Å². The van der Waals surface area contributed by atoms with Crippen molar-refractivity contribution < 1.29 is 9.53 Å². The summed E-state index contributed by atoms with van der Waals surface area (Å²) in [7, 11) is 0. The standard InChI is InChI=1S/C11H18N2O2/c1-3-4-5-11(15-8-14)9(2)10-6-7-12-13-10/h6-9,11H,3-5H2,1-2H3,(H,12,13). The highest BCUT2D eigenvalue weighted by molar-refractivity contribution is 5.37. The van der Waals surface area contributed by atoms with E-state index in [4.69, 9.17) is 4.74 Å². The van der Waals surface area contributed by atoms with Crippen molar-refractivity contribution in [1.82, 2.24) is 10.2 Å². The lowest BCUT2D eigenvalue weighted by molar-refractivity contribution is -0.134. The summed E-state index contributed by atoms with van der Waals surface area (Å²) in [6, 6.07) is 1.91. The van der Waals surface area contributed by atoms with Crippen molar-refractivity contribution in [2.45, 2.75) is 45.1 Å². The van der Waals surface area contributed by atoms with Crippen molar-refractivity contribution in [3.05, 3.63) is 18.0 Å². The Hall–Kier alpha value is -1.32. The molecule has 0 aliphatic rings. The minimum Gasteiger partial charge on any atom is -0.464 e. The third-order valence-electron chi connectivity index (χ3n) is 2.64. The third-order valence-corrected chi connectivity index (χ3v) is 2.64. The summed E-state index contributed by atoms with van der Waals surface area (Å²) in [6.07, 6.45) is 4.73. The molecule has 84 valence electrons. The molecule has 2 unspecified atom stereocenters. The van der Waals surface area contributed by atoms with Crippen molar-refractivity contribution in [1.29, 1.82) is 0 Å². The van der Waals surface area contributed by atoms with Gasteiger partial charge in [0.2, 0.25) is 0 Å². The van der Waals surface area contributed by atoms with Crippen LogP contribution in [0.5, 0.6) is 0 Å². The fraction of sp³-hybridized carbons (Fsp3) is 0.636. The molecule has 0 saturated carbocycles. The number of carbonyl (C=O) groups is 1. The number of H-pyrrole nitrogens is 1. The van der Waals surface area contributed by atoms with E-state index in [0.29, 0.717) is 6.47 Å². The summed E-state index contributed by atoms with van der Waals surface area (Å²) >= 11 is 0. The molecule has 4 heteroatoms. The van der Waals surface area contributed by atoms with Gasteiger partial charge in [-0.15, -0.1) is 0 Å². The zero-order chi connectivity index (χ0) is 11.1. The topological polar surface area (TPSA) is 55.0 Å². The molecule has 0 saturated heterocycles. The smallest absolute Gasteiger partial charge is 0.293 e. The van der Waals surface area contributed by atoms with Crippen molar-refractivity contribution in [2.24, 2.45) is 0 Å². The van der Waals surface area contributed by atoms with Gasteiger partial charge in [-0.2, -0.15) is 5.10 Å². The van der Waals surface area contributed by atoms with Crippen LogP contribution in [0.2, 0.25) is 0 Å². The minimum atomic E-state index is -0.0529. The van der Waals surface area contributed by atoms with Gasteiger partial charge in [0.25, 0.3) is 6.47 Å². The Labute approximate surface area is 90.0 Å². The molecule has 1 aromatic heterocycles. The van der Waals surface area contributed by atoms with Crippen molar-refractivity contribution in [2.75, 3.05) is 0 Å². The molecule has 4 nitrogen and oxygen atoms in total. The van der Waals surface area contributed by atoms with Gasteiger partial charge >= 0.3 is 0 Å². The van der Waals surface area contributed by atoms with E-state index in [2.05, 4.69) is 17.1 Å². The lowest BCUT2D eigenvalue weighted by Crippen LogP contribution is -2.20. The number of nitrogens with one attached hydrogen (secondary N) is 1. The number of unbranched alkanes of at least 4 members (excludes halogenated alkanes) is 1. The molecule has 1 rings (SSSR count). The van der Waals surface area contributed by atoms with Gasteiger partial charge in [-0.3, -0.25) is 9.89 Å². The second-order valence-corrected chi connectivity index (χ2v) is 3.71. The Kier molecular flexibility index (Phi) is 4.87. The van der Waals surface area contributed by atoms with E-state index in [1.54, 1.807) is 6.20 Å². The van der Waals surface area contributed by atoms with Gasteiger partial charge in [0.1, 0.15) is 6.10 Å². The first-order valence-corrected chi connectivity index (χ1v) is 5.38. The summed E-state index contributed by atoms with van der Waals surface area (Å²) in [5.41, 5.74) is 1.01. The number of hydrogen-bond acceptors (Lipinski definition) is 3. The normalized spacial score (nSPS) is 14.5. The fourth-order valence-corrected chi connectivity index (χ4v) is 1.63. The van der Waals surface area contributed by atoms with Gasteiger partial charge in [0.05, 0.1) is 0 Å². The summed E-state index contributed by atoms with van der Waals surface area (Å²) in [5, 5.41) is 6.80. The Bertz CT molecular complexity index is 272. The first-order valence-electron chi connectivity index (χ1n) is 5.38. The van der Waals surface area contributed by atoms with Crippen LogP contribution in [0.1, 0.15) is 44.7 Å². The van der Waals surface area contributed by atoms with Crippen LogP contribution in [-0.2, 0) is 9.53 Å². The molecule has 0 radical (unpaired) electrons. The Morgan fingerprint density at radius 2 is 2.47 bits per heavy atom. The second kappa shape index (κ2) is 6.22. The summed E-state index contributed by atoms with van der Waals surface area (Å²) in [5.74, 6) is 0.171. The molecule has 1 aromatic rings. The van der Waals surface area contributed by atoms with E-state index in [0.717, 1.165) is 25.0 Å². The largest absolute Gasteiger partial charge is 0.464 e. The maximum atomic E-state index is 10.4. The molecule has 1 heterocycles. The van der Waals surface area contributed by atoms with E-state index < -0.39 is 0 Å². The molecule has 15 heavy (non-hydrogen) atoms. The van der Waals surface area contributed by atoms with Crippen LogP contribution in [0, 0.1) is 0 Å². The lowest BCUT2D eigenvalue weighted by Gasteiger charge is -2.20. The number of rotatable bonds is 7. The SMILES string of the molecule is CCCCC(OC=O)C(C)c1ccn[nH]1. The molecule has 0 aliphatic heterocycles. The van der Waals surface area contributed by atoms with E-state index >= 15 is 0 Å². The van der Waals surface area contributed by atoms with Crippen LogP contribution in [0.15, 0.2) is 12.3 Å².